The van der Waals surface area contributed by atoms with E-state index in [0.717, 1.165) is 29.9 Å². The second-order valence-corrected chi connectivity index (χ2v) is 9.58. The smallest absolute Gasteiger partial charge is 0.233 e. The molecule has 1 aromatic heterocycles. The van der Waals surface area contributed by atoms with Gasteiger partial charge in [0.25, 0.3) is 0 Å². The van der Waals surface area contributed by atoms with Gasteiger partial charge in [-0.25, -0.2) is 0 Å². The maximum absolute atomic E-state index is 13.0. The van der Waals surface area contributed by atoms with Crippen molar-refractivity contribution in [3.63, 3.8) is 0 Å². The van der Waals surface area contributed by atoms with Crippen LogP contribution in [0.1, 0.15) is 38.7 Å². The van der Waals surface area contributed by atoms with Crippen molar-refractivity contribution < 1.29 is 4.79 Å². The Hall–Kier alpha value is -2.31. The largest absolute Gasteiger partial charge is 0.337 e. The van der Waals surface area contributed by atoms with Crippen molar-refractivity contribution in [1.82, 2.24) is 19.7 Å². The number of carbonyl (C=O) groups excluding carboxylic acids is 1. The number of piperidine rings is 1. The van der Waals surface area contributed by atoms with E-state index in [2.05, 4.69) is 55.2 Å². The lowest BCUT2D eigenvalue weighted by Gasteiger charge is -2.39. The second kappa shape index (κ2) is 9.45. The topological polar surface area (TPSA) is 51.0 Å². The van der Waals surface area contributed by atoms with Gasteiger partial charge in [-0.1, -0.05) is 41.1 Å². The number of hydrogen-bond acceptors (Lipinski definition) is 4. The molecule has 1 saturated heterocycles. The molecular formula is C24H27ClN4OS. The SMILES string of the molecule is Cc1ccc(-n2c(SCC(=O)N3[C@@H](C)CCC[C@@H]3C)nnc2-c2ccc(Cl)cc2)cc1. The highest BCUT2D eigenvalue weighted by molar-refractivity contribution is 7.99. The highest BCUT2D eigenvalue weighted by atomic mass is 35.5. The van der Waals surface area contributed by atoms with E-state index in [9.17, 15) is 4.79 Å². The molecule has 3 aromatic rings. The van der Waals surface area contributed by atoms with Crippen molar-refractivity contribution in [1.29, 1.82) is 0 Å². The first kappa shape index (κ1) is 21.9. The summed E-state index contributed by atoms with van der Waals surface area (Å²) in [6, 6.07) is 16.4. The molecule has 2 heterocycles. The number of rotatable bonds is 5. The maximum Gasteiger partial charge on any atom is 0.233 e. The summed E-state index contributed by atoms with van der Waals surface area (Å²) in [5.41, 5.74) is 3.08. The number of aryl methyl sites for hydroxylation is 1. The van der Waals surface area contributed by atoms with Crippen molar-refractivity contribution in [3.8, 4) is 17.1 Å². The van der Waals surface area contributed by atoms with Gasteiger partial charge in [0.2, 0.25) is 5.91 Å². The van der Waals surface area contributed by atoms with Crippen LogP contribution in [-0.4, -0.2) is 43.4 Å². The Bertz CT molecular complexity index is 1040. The third-order valence-electron chi connectivity index (χ3n) is 5.83. The van der Waals surface area contributed by atoms with Crippen LogP contribution in [0.5, 0.6) is 0 Å². The Morgan fingerprint density at radius 3 is 2.32 bits per heavy atom. The highest BCUT2D eigenvalue weighted by Gasteiger charge is 2.29. The molecular weight excluding hydrogens is 428 g/mol. The zero-order valence-corrected chi connectivity index (χ0v) is 19.7. The number of amides is 1. The fraction of sp³-hybridized carbons (Fsp3) is 0.375. The Morgan fingerprint density at radius 2 is 1.68 bits per heavy atom. The fourth-order valence-corrected chi connectivity index (χ4v) is 5.14. The zero-order valence-electron chi connectivity index (χ0n) is 18.1. The van der Waals surface area contributed by atoms with Crippen LogP contribution in [0.3, 0.4) is 0 Å². The molecule has 0 N–H and O–H groups in total. The average Bonchev–Trinajstić information content (AvgIpc) is 3.17. The molecule has 31 heavy (non-hydrogen) atoms. The van der Waals surface area contributed by atoms with E-state index in [1.165, 1.54) is 23.7 Å². The molecule has 0 aliphatic carbocycles. The molecule has 1 aliphatic heterocycles. The van der Waals surface area contributed by atoms with E-state index in [0.29, 0.717) is 15.9 Å². The number of carbonyl (C=O) groups is 1. The third kappa shape index (κ3) is 4.80. The quantitative estimate of drug-likeness (QED) is 0.458. The predicted octanol–water partition coefficient (Wildman–Crippen LogP) is 5.78. The molecule has 5 nitrogen and oxygen atoms in total. The standard InChI is InChI=1S/C24H27ClN4OS/c1-16-7-13-21(14-8-16)29-23(19-9-11-20(25)12-10-19)26-27-24(29)31-15-22(30)28-17(2)5-4-6-18(28)3/h7-14,17-18H,4-6,15H2,1-3H3/t17-,18-/m0/s1. The number of thioether (sulfide) groups is 1. The summed E-state index contributed by atoms with van der Waals surface area (Å²) >= 11 is 7.51. The molecule has 0 radical (unpaired) electrons. The minimum atomic E-state index is 0.163. The number of hydrogen-bond donors (Lipinski definition) is 0. The summed E-state index contributed by atoms with van der Waals surface area (Å²) < 4.78 is 2.02. The monoisotopic (exact) mass is 454 g/mol. The molecule has 4 rings (SSSR count). The van der Waals surface area contributed by atoms with Crippen molar-refractivity contribution in [2.24, 2.45) is 0 Å². The van der Waals surface area contributed by atoms with Crippen LogP contribution < -0.4 is 0 Å². The Labute approximate surface area is 192 Å². The van der Waals surface area contributed by atoms with Crippen LogP contribution in [0.2, 0.25) is 5.02 Å². The van der Waals surface area contributed by atoms with E-state index < -0.39 is 0 Å². The van der Waals surface area contributed by atoms with E-state index >= 15 is 0 Å². The number of aromatic nitrogens is 3. The van der Waals surface area contributed by atoms with Gasteiger partial charge >= 0.3 is 0 Å². The fourth-order valence-electron chi connectivity index (χ4n) is 4.19. The number of nitrogens with zero attached hydrogens (tertiary/aromatic N) is 4. The molecule has 7 heteroatoms. The van der Waals surface area contributed by atoms with E-state index in [-0.39, 0.29) is 18.0 Å². The Balaban J connectivity index is 1.63. The molecule has 162 valence electrons. The van der Waals surface area contributed by atoms with E-state index in [1.54, 1.807) is 0 Å². The molecule has 0 saturated carbocycles. The zero-order chi connectivity index (χ0) is 22.0. The molecule has 0 bridgehead atoms. The van der Waals surface area contributed by atoms with Gasteiger partial charge < -0.3 is 4.90 Å². The lowest BCUT2D eigenvalue weighted by molar-refractivity contribution is -0.134. The lowest BCUT2D eigenvalue weighted by atomic mass is 9.98. The van der Waals surface area contributed by atoms with Gasteiger partial charge in [0.15, 0.2) is 11.0 Å². The maximum atomic E-state index is 13.0. The van der Waals surface area contributed by atoms with Gasteiger partial charge in [-0.3, -0.25) is 9.36 Å². The van der Waals surface area contributed by atoms with Crippen LogP contribution in [0.4, 0.5) is 0 Å². The molecule has 0 spiro atoms. The first-order chi connectivity index (χ1) is 14.9. The second-order valence-electron chi connectivity index (χ2n) is 8.20. The van der Waals surface area contributed by atoms with Crippen molar-refractivity contribution in [3.05, 3.63) is 59.1 Å². The van der Waals surface area contributed by atoms with Crippen LogP contribution in [0, 0.1) is 6.92 Å². The van der Waals surface area contributed by atoms with Gasteiger partial charge in [-0.15, -0.1) is 10.2 Å². The minimum absolute atomic E-state index is 0.163. The number of likely N-dealkylation sites (tertiary alicyclic amines) is 1. The van der Waals surface area contributed by atoms with Gasteiger partial charge in [-0.05, 0) is 76.4 Å². The Kier molecular flexibility index (Phi) is 6.68. The van der Waals surface area contributed by atoms with E-state index in [1.807, 2.05) is 33.7 Å². The summed E-state index contributed by atoms with van der Waals surface area (Å²) in [4.78, 5) is 15.1. The molecule has 1 fully saturated rings. The normalized spacial score (nSPS) is 18.9. The number of benzene rings is 2. The van der Waals surface area contributed by atoms with E-state index in [4.69, 9.17) is 11.6 Å². The average molecular weight is 455 g/mol. The summed E-state index contributed by atoms with van der Waals surface area (Å²) in [5, 5.41) is 10.3. The molecule has 1 amide bonds. The van der Waals surface area contributed by atoms with Crippen molar-refractivity contribution in [2.75, 3.05) is 5.75 Å². The first-order valence-electron chi connectivity index (χ1n) is 10.7. The molecule has 0 unspecified atom stereocenters. The van der Waals surface area contributed by atoms with Crippen LogP contribution >= 0.6 is 23.4 Å². The first-order valence-corrected chi connectivity index (χ1v) is 12.0. The lowest BCUT2D eigenvalue weighted by Crippen LogP contribution is -2.48. The molecule has 2 aromatic carbocycles. The van der Waals surface area contributed by atoms with Crippen LogP contribution in [0.25, 0.3) is 17.1 Å². The summed E-state index contributed by atoms with van der Waals surface area (Å²) in [6.07, 6.45) is 3.33. The van der Waals surface area contributed by atoms with Gasteiger partial charge in [0.1, 0.15) is 0 Å². The minimum Gasteiger partial charge on any atom is -0.337 e. The van der Waals surface area contributed by atoms with Crippen LogP contribution in [0.15, 0.2) is 53.7 Å². The van der Waals surface area contributed by atoms with Crippen LogP contribution in [-0.2, 0) is 4.79 Å². The van der Waals surface area contributed by atoms with Gasteiger partial charge in [0, 0.05) is 28.4 Å². The number of halogens is 1. The van der Waals surface area contributed by atoms with Gasteiger partial charge in [0.05, 0.1) is 5.75 Å². The van der Waals surface area contributed by atoms with Crippen molar-refractivity contribution >= 4 is 29.3 Å². The highest BCUT2D eigenvalue weighted by Crippen LogP contribution is 2.30. The third-order valence-corrected chi connectivity index (χ3v) is 7.00. The van der Waals surface area contributed by atoms with Crippen molar-refractivity contribution in [2.45, 2.75) is 57.3 Å². The summed E-state index contributed by atoms with van der Waals surface area (Å²) in [5.74, 6) is 1.24. The summed E-state index contributed by atoms with van der Waals surface area (Å²) in [6.45, 7) is 6.35. The predicted molar refractivity (Wildman–Crippen MR) is 127 cm³/mol. The molecule has 2 atom stereocenters. The molecule has 1 aliphatic rings. The Morgan fingerprint density at radius 1 is 1.03 bits per heavy atom. The summed E-state index contributed by atoms with van der Waals surface area (Å²) in [7, 11) is 0. The van der Waals surface area contributed by atoms with Gasteiger partial charge in [-0.2, -0.15) is 0 Å².